The first-order chi connectivity index (χ1) is 20.4. The highest BCUT2D eigenvalue weighted by Crippen LogP contribution is 2.29. The van der Waals surface area contributed by atoms with E-state index in [1.165, 1.54) is 18.6 Å². The van der Waals surface area contributed by atoms with Crippen molar-refractivity contribution >= 4 is 47.7 Å². The van der Waals surface area contributed by atoms with Crippen LogP contribution in [0.4, 0.5) is 11.5 Å². The number of nitrogen functional groups attached to an aromatic ring is 1. The van der Waals surface area contributed by atoms with Gasteiger partial charge in [-0.05, 0) is 31.3 Å². The summed E-state index contributed by atoms with van der Waals surface area (Å²) < 4.78 is 7.55. The van der Waals surface area contributed by atoms with E-state index in [0.29, 0.717) is 67.8 Å². The molecule has 1 fully saturated rings. The predicted molar refractivity (Wildman–Crippen MR) is 163 cm³/mol. The van der Waals surface area contributed by atoms with Crippen molar-refractivity contribution in [3.63, 3.8) is 0 Å². The molecule has 0 aliphatic carbocycles. The number of ether oxygens (including phenoxy) is 1. The van der Waals surface area contributed by atoms with Gasteiger partial charge in [-0.15, -0.1) is 0 Å². The summed E-state index contributed by atoms with van der Waals surface area (Å²) in [5.74, 6) is 1.31. The number of nitrogens with two attached hydrogens (primary N) is 1. The average Bonchev–Trinajstić information content (AvgIpc) is 3.33. The molecule has 14 heteroatoms. The fourth-order valence-corrected chi connectivity index (χ4v) is 4.55. The summed E-state index contributed by atoms with van der Waals surface area (Å²) >= 11 is 0. The first kappa shape index (κ1) is 30.4. The summed E-state index contributed by atoms with van der Waals surface area (Å²) in [6.07, 6.45) is 5.75. The lowest BCUT2D eigenvalue weighted by Gasteiger charge is -2.28. The Kier molecular flexibility index (Phi) is 10.4. The molecule has 5 N–H and O–H groups in total. The van der Waals surface area contributed by atoms with Crippen molar-refractivity contribution in [2.45, 2.75) is 26.3 Å². The predicted octanol–water partition coefficient (Wildman–Crippen LogP) is 2.17. The number of aryl methyl sites for hydroxylation is 1. The molecule has 0 radical (unpaired) electrons. The quantitative estimate of drug-likeness (QED) is 0.0780. The van der Waals surface area contributed by atoms with Gasteiger partial charge < -0.3 is 25.3 Å². The highest BCUT2D eigenvalue weighted by atomic mass is 16.5. The summed E-state index contributed by atoms with van der Waals surface area (Å²) in [5, 5.41) is 16.7. The van der Waals surface area contributed by atoms with E-state index in [2.05, 4.69) is 33.4 Å². The average molecular weight is 576 g/mol. The molecular weight excluding hydrogens is 538 g/mol. The number of imidazole rings is 1. The van der Waals surface area contributed by atoms with Gasteiger partial charge in [-0.2, -0.15) is 0 Å². The van der Waals surface area contributed by atoms with Crippen LogP contribution in [0, 0.1) is 5.41 Å². The van der Waals surface area contributed by atoms with E-state index in [1.54, 1.807) is 11.5 Å². The van der Waals surface area contributed by atoms with Crippen LogP contribution in [0.25, 0.3) is 22.6 Å². The molecule has 14 nitrogen and oxygen atoms in total. The van der Waals surface area contributed by atoms with E-state index in [-0.39, 0.29) is 5.57 Å². The smallest absolute Gasteiger partial charge is 0.277 e. The molecule has 1 amide bonds. The Balaban J connectivity index is 1.72. The molecule has 0 unspecified atom stereocenters. The summed E-state index contributed by atoms with van der Waals surface area (Å²) in [7, 11) is 1.93. The fourth-order valence-electron chi connectivity index (χ4n) is 4.55. The van der Waals surface area contributed by atoms with Gasteiger partial charge in [0, 0.05) is 62.1 Å². The van der Waals surface area contributed by atoms with Crippen molar-refractivity contribution in [1.82, 2.24) is 29.9 Å². The number of amides is 1. The lowest BCUT2D eigenvalue weighted by Crippen LogP contribution is -2.37. The Hall–Kier alpha value is -4.53. The molecule has 42 heavy (non-hydrogen) atoms. The van der Waals surface area contributed by atoms with Crippen molar-refractivity contribution in [3.05, 3.63) is 41.4 Å². The monoisotopic (exact) mass is 575 g/mol. The molecule has 1 aliphatic heterocycles. The highest BCUT2D eigenvalue weighted by Gasteiger charge is 2.23. The Morgan fingerprint density at radius 1 is 1.31 bits per heavy atom. The standard InChI is InChI=1S/C28H37N11O3/c1-4-5-8-38(18-32-16-21(15-31-2)28(40)36-41)17-23-33-24-26(37(23)3)34-25(19-6-7-22(30)20(13-19)14-29)35-27(24)39-9-11-42-12-10-39/h6-7,13-16,29,41H,2,4-5,8-12,17-18,30H2,1,3H3,(H,36,40)/b21-15+,29-14?,32-16-. The molecule has 1 aliphatic rings. The van der Waals surface area contributed by atoms with E-state index in [1.807, 2.05) is 23.7 Å². The molecule has 4 rings (SSSR count). The number of anilines is 2. The third-order valence-corrected chi connectivity index (χ3v) is 6.90. The first-order valence-electron chi connectivity index (χ1n) is 13.7. The number of nitrogens with zero attached hydrogens (tertiary/aromatic N) is 8. The van der Waals surface area contributed by atoms with Crippen molar-refractivity contribution in [1.29, 1.82) is 5.41 Å². The number of rotatable bonds is 13. The van der Waals surface area contributed by atoms with Gasteiger partial charge in [0.15, 0.2) is 22.8 Å². The minimum Gasteiger partial charge on any atom is -0.398 e. The number of aliphatic imine (C=N–C) groups is 2. The number of hydrogen-bond donors (Lipinski definition) is 4. The zero-order valence-electron chi connectivity index (χ0n) is 24.0. The molecule has 2 aromatic heterocycles. The van der Waals surface area contributed by atoms with Gasteiger partial charge in [-0.25, -0.2) is 20.4 Å². The number of hydrogen-bond acceptors (Lipinski definition) is 12. The van der Waals surface area contributed by atoms with Gasteiger partial charge in [0.2, 0.25) is 0 Å². The van der Waals surface area contributed by atoms with Crippen LogP contribution in [-0.4, -0.2) is 94.2 Å². The normalized spacial score (nSPS) is 14.2. The van der Waals surface area contributed by atoms with E-state index in [0.717, 1.165) is 36.6 Å². The largest absolute Gasteiger partial charge is 0.398 e. The van der Waals surface area contributed by atoms with Gasteiger partial charge in [-0.1, -0.05) is 13.3 Å². The fraction of sp³-hybridized carbons (Fsp3) is 0.393. The zero-order valence-corrected chi connectivity index (χ0v) is 24.0. The third-order valence-electron chi connectivity index (χ3n) is 6.90. The van der Waals surface area contributed by atoms with Crippen LogP contribution in [0.5, 0.6) is 0 Å². The van der Waals surface area contributed by atoms with Gasteiger partial charge in [0.1, 0.15) is 5.82 Å². The van der Waals surface area contributed by atoms with Gasteiger partial charge >= 0.3 is 0 Å². The minimum atomic E-state index is -0.722. The maximum absolute atomic E-state index is 11.9. The summed E-state index contributed by atoms with van der Waals surface area (Å²) in [6, 6.07) is 5.43. The van der Waals surface area contributed by atoms with Gasteiger partial charge in [0.25, 0.3) is 5.91 Å². The number of nitrogens with one attached hydrogen (secondary N) is 2. The second-order valence-corrected chi connectivity index (χ2v) is 9.78. The van der Waals surface area contributed by atoms with Crippen LogP contribution < -0.4 is 16.1 Å². The van der Waals surface area contributed by atoms with E-state index >= 15 is 0 Å². The third kappa shape index (κ3) is 7.02. The number of fused-ring (bicyclic) bond motifs is 1. The maximum atomic E-state index is 11.9. The number of unbranched alkanes of at least 4 members (excludes halogenated alkanes) is 1. The zero-order chi connectivity index (χ0) is 30.1. The van der Waals surface area contributed by atoms with E-state index in [4.69, 9.17) is 36.0 Å². The Labute approximate surface area is 244 Å². The van der Waals surface area contributed by atoms with Crippen molar-refractivity contribution in [2.75, 3.05) is 50.2 Å². The van der Waals surface area contributed by atoms with Crippen LogP contribution in [0.3, 0.4) is 0 Å². The topological polar surface area (TPSA) is 183 Å². The molecule has 1 aromatic carbocycles. The lowest BCUT2D eigenvalue weighted by molar-refractivity contribution is -0.124. The van der Waals surface area contributed by atoms with Gasteiger partial charge in [0.05, 0.1) is 32.0 Å². The second-order valence-electron chi connectivity index (χ2n) is 9.78. The molecule has 0 atom stereocenters. The van der Waals surface area contributed by atoms with Crippen LogP contribution >= 0.6 is 0 Å². The molecule has 0 bridgehead atoms. The highest BCUT2D eigenvalue weighted by molar-refractivity contribution is 6.11. The number of hydroxylamine groups is 1. The summed E-state index contributed by atoms with van der Waals surface area (Å²) in [6.45, 7) is 9.55. The molecule has 1 saturated heterocycles. The van der Waals surface area contributed by atoms with E-state index < -0.39 is 5.91 Å². The maximum Gasteiger partial charge on any atom is 0.277 e. The molecule has 0 spiro atoms. The number of carbonyl (C=O) groups is 1. The number of carbonyl (C=O) groups excluding carboxylic acids is 1. The molecule has 0 saturated carbocycles. The van der Waals surface area contributed by atoms with E-state index in [9.17, 15) is 4.79 Å². The molecular formula is C28H37N11O3. The molecule has 3 heterocycles. The van der Waals surface area contributed by atoms with Gasteiger partial charge in [-0.3, -0.25) is 24.9 Å². The van der Waals surface area contributed by atoms with Crippen molar-refractivity contribution < 1.29 is 14.7 Å². The van der Waals surface area contributed by atoms with Crippen molar-refractivity contribution in [2.24, 2.45) is 17.0 Å². The van der Waals surface area contributed by atoms with Crippen LogP contribution in [-0.2, 0) is 23.1 Å². The second kappa shape index (κ2) is 14.4. The van der Waals surface area contributed by atoms with Crippen LogP contribution in [0.1, 0.15) is 31.2 Å². The van der Waals surface area contributed by atoms with Crippen molar-refractivity contribution in [3.8, 4) is 11.4 Å². The Morgan fingerprint density at radius 2 is 2.10 bits per heavy atom. The number of aromatic nitrogens is 4. The Bertz CT molecular complexity index is 1490. The Morgan fingerprint density at radius 3 is 2.79 bits per heavy atom. The molecule has 3 aromatic rings. The minimum absolute atomic E-state index is 0.0810. The molecule has 222 valence electrons. The first-order valence-corrected chi connectivity index (χ1v) is 13.7. The van der Waals surface area contributed by atoms with Crippen LogP contribution in [0.2, 0.25) is 0 Å². The number of benzene rings is 1. The lowest BCUT2D eigenvalue weighted by atomic mass is 10.1. The van der Waals surface area contributed by atoms with Crippen LogP contribution in [0.15, 0.2) is 40.0 Å². The SMILES string of the molecule is C=N/C=C(\C=N/CN(CCCC)Cc1nc2c(N3CCOCC3)nc(-c3ccc(N)c(C=N)c3)nc2n1C)C(=O)NO. The summed E-state index contributed by atoms with van der Waals surface area (Å²) in [4.78, 5) is 39.0. The number of morpholine rings is 1. The summed E-state index contributed by atoms with van der Waals surface area (Å²) in [5.41, 5.74) is 10.9.